The van der Waals surface area contributed by atoms with Gasteiger partial charge in [-0.25, -0.2) is 0 Å². The van der Waals surface area contributed by atoms with Crippen LogP contribution in [0.3, 0.4) is 0 Å². The number of carbonyl (C=O) groups is 2. The van der Waals surface area contributed by atoms with E-state index in [1.165, 1.54) is 19.3 Å². The molecule has 0 amide bonds. The standard InChI is InChI=1S/C9H18O4S.C9H16O2S/c1-3-8(14)9(10)13-7-6-12-5-4-11-2;10-9(6-7-12)11-8-4-2-1-3-5-8/h8,14H,3-7H2,1-2H3;8,12H,1-7H2. The number of methoxy groups -OCH3 is 1. The van der Waals surface area contributed by atoms with Crippen LogP contribution in [0.15, 0.2) is 0 Å². The van der Waals surface area contributed by atoms with Crippen LogP contribution in [0.25, 0.3) is 0 Å². The SMILES string of the molecule is CCC(S)C(=O)OCCOCCOC.O=C(CCS)OC1CCCCC1. The van der Waals surface area contributed by atoms with Crippen LogP contribution in [-0.4, -0.2) is 62.6 Å². The monoisotopic (exact) mass is 410 g/mol. The lowest BCUT2D eigenvalue weighted by Crippen LogP contribution is -2.20. The van der Waals surface area contributed by atoms with Crippen molar-refractivity contribution >= 4 is 37.2 Å². The minimum atomic E-state index is -0.325. The van der Waals surface area contributed by atoms with Crippen LogP contribution in [-0.2, 0) is 28.5 Å². The maximum Gasteiger partial charge on any atom is 0.318 e. The van der Waals surface area contributed by atoms with Crippen molar-refractivity contribution in [2.24, 2.45) is 0 Å². The van der Waals surface area contributed by atoms with Crippen molar-refractivity contribution in [3.8, 4) is 0 Å². The van der Waals surface area contributed by atoms with E-state index in [0.717, 1.165) is 12.8 Å². The number of thiol groups is 2. The molecular formula is C18H34O6S2. The van der Waals surface area contributed by atoms with Crippen LogP contribution in [0.5, 0.6) is 0 Å². The molecule has 0 N–H and O–H groups in total. The molecular weight excluding hydrogens is 376 g/mol. The van der Waals surface area contributed by atoms with Crippen molar-refractivity contribution in [1.29, 1.82) is 0 Å². The van der Waals surface area contributed by atoms with Gasteiger partial charge in [0.1, 0.15) is 12.7 Å². The lowest BCUT2D eigenvalue weighted by Gasteiger charge is -2.21. The predicted octanol–water partition coefficient (Wildman–Crippen LogP) is 3.08. The molecule has 1 aliphatic rings. The molecule has 0 aromatic rings. The minimum Gasteiger partial charge on any atom is -0.462 e. The van der Waals surface area contributed by atoms with Crippen LogP contribution >= 0.6 is 25.3 Å². The molecule has 0 aromatic heterocycles. The highest BCUT2D eigenvalue weighted by Crippen LogP contribution is 2.20. The van der Waals surface area contributed by atoms with Gasteiger partial charge in [-0.2, -0.15) is 25.3 Å². The summed E-state index contributed by atoms with van der Waals surface area (Å²) in [7, 11) is 1.61. The zero-order valence-corrected chi connectivity index (χ0v) is 17.8. The molecule has 0 radical (unpaired) electrons. The van der Waals surface area contributed by atoms with E-state index in [1.807, 2.05) is 6.92 Å². The second kappa shape index (κ2) is 17.9. The van der Waals surface area contributed by atoms with Gasteiger partial charge in [-0.15, -0.1) is 0 Å². The zero-order chi connectivity index (χ0) is 19.6. The van der Waals surface area contributed by atoms with E-state index in [1.54, 1.807) is 7.11 Å². The van der Waals surface area contributed by atoms with Gasteiger partial charge in [0.2, 0.25) is 0 Å². The summed E-state index contributed by atoms with van der Waals surface area (Å²) in [5.41, 5.74) is 0. The Kier molecular flexibility index (Phi) is 17.6. The first kappa shape index (κ1) is 25.6. The summed E-state index contributed by atoms with van der Waals surface area (Å²) in [6.45, 7) is 3.64. The number of esters is 2. The molecule has 0 saturated heterocycles. The molecule has 6 nitrogen and oxygen atoms in total. The fourth-order valence-electron chi connectivity index (χ4n) is 2.23. The van der Waals surface area contributed by atoms with Gasteiger partial charge in [-0.05, 0) is 32.1 Å². The lowest BCUT2D eigenvalue weighted by molar-refractivity contribution is -0.150. The number of hydrogen-bond acceptors (Lipinski definition) is 8. The molecule has 8 heteroatoms. The summed E-state index contributed by atoms with van der Waals surface area (Å²) < 4.78 is 20.0. The molecule has 154 valence electrons. The van der Waals surface area contributed by atoms with Crippen molar-refractivity contribution in [1.82, 2.24) is 0 Å². The van der Waals surface area contributed by atoms with Crippen LogP contribution in [0.4, 0.5) is 0 Å². The van der Waals surface area contributed by atoms with Crippen molar-refractivity contribution in [2.75, 3.05) is 39.3 Å². The van der Waals surface area contributed by atoms with Crippen molar-refractivity contribution in [3.05, 3.63) is 0 Å². The summed E-state index contributed by atoms with van der Waals surface area (Å²) in [5, 5.41) is -0.325. The van der Waals surface area contributed by atoms with Gasteiger partial charge in [-0.1, -0.05) is 13.3 Å². The summed E-state index contributed by atoms with van der Waals surface area (Å²) in [6.07, 6.45) is 7.13. The van der Waals surface area contributed by atoms with Crippen molar-refractivity contribution in [3.63, 3.8) is 0 Å². The Balaban J connectivity index is 0.000000485. The molecule has 0 aliphatic heterocycles. The van der Waals surface area contributed by atoms with Gasteiger partial charge >= 0.3 is 11.9 Å². The minimum absolute atomic E-state index is 0.0862. The van der Waals surface area contributed by atoms with E-state index in [4.69, 9.17) is 18.9 Å². The maximum absolute atomic E-state index is 11.1. The second-order valence-electron chi connectivity index (χ2n) is 5.92. The topological polar surface area (TPSA) is 71.1 Å². The zero-order valence-electron chi connectivity index (χ0n) is 16.0. The fourth-order valence-corrected chi connectivity index (χ4v) is 2.48. The maximum atomic E-state index is 11.1. The number of ether oxygens (including phenoxy) is 4. The number of hydrogen-bond donors (Lipinski definition) is 2. The Morgan fingerprint density at radius 3 is 2.31 bits per heavy atom. The molecule has 1 saturated carbocycles. The molecule has 1 unspecified atom stereocenters. The van der Waals surface area contributed by atoms with E-state index in [2.05, 4.69) is 25.3 Å². The molecule has 1 aliphatic carbocycles. The molecule has 1 rings (SSSR count). The Labute approximate surface area is 168 Å². The first-order valence-electron chi connectivity index (χ1n) is 9.26. The van der Waals surface area contributed by atoms with E-state index in [0.29, 0.717) is 38.4 Å². The first-order valence-corrected chi connectivity index (χ1v) is 10.4. The summed E-state index contributed by atoms with van der Waals surface area (Å²) >= 11 is 8.03. The average Bonchev–Trinajstić information content (AvgIpc) is 2.65. The Bertz CT molecular complexity index is 362. The van der Waals surface area contributed by atoms with Crippen LogP contribution < -0.4 is 0 Å². The molecule has 0 aromatic carbocycles. The molecule has 26 heavy (non-hydrogen) atoms. The van der Waals surface area contributed by atoms with Crippen LogP contribution in [0, 0.1) is 0 Å². The van der Waals surface area contributed by atoms with Crippen LogP contribution in [0.2, 0.25) is 0 Å². The van der Waals surface area contributed by atoms with Gasteiger partial charge in [0.25, 0.3) is 0 Å². The highest BCUT2D eigenvalue weighted by atomic mass is 32.1. The lowest BCUT2D eigenvalue weighted by atomic mass is 9.98. The van der Waals surface area contributed by atoms with E-state index in [9.17, 15) is 9.59 Å². The third-order valence-corrected chi connectivity index (χ3v) is 4.53. The number of rotatable bonds is 11. The summed E-state index contributed by atoms with van der Waals surface area (Å²) in [5.74, 6) is 0.217. The Hall–Kier alpha value is -0.440. The molecule has 0 spiro atoms. The quantitative estimate of drug-likeness (QED) is 0.310. The Morgan fingerprint density at radius 1 is 1.08 bits per heavy atom. The van der Waals surface area contributed by atoms with Gasteiger partial charge in [0.05, 0.1) is 31.5 Å². The smallest absolute Gasteiger partial charge is 0.318 e. The fraction of sp³-hybridized carbons (Fsp3) is 0.889. The second-order valence-corrected chi connectivity index (χ2v) is 6.99. The third kappa shape index (κ3) is 14.7. The molecule has 1 fully saturated rings. The predicted molar refractivity (Wildman–Crippen MR) is 108 cm³/mol. The summed E-state index contributed by atoms with van der Waals surface area (Å²) in [4.78, 5) is 22.1. The molecule has 0 heterocycles. The highest BCUT2D eigenvalue weighted by molar-refractivity contribution is 7.81. The van der Waals surface area contributed by atoms with Crippen LogP contribution in [0.1, 0.15) is 51.9 Å². The molecule has 1 atom stereocenters. The van der Waals surface area contributed by atoms with E-state index < -0.39 is 0 Å². The van der Waals surface area contributed by atoms with Gasteiger partial charge in [0, 0.05) is 12.9 Å². The van der Waals surface area contributed by atoms with E-state index >= 15 is 0 Å². The van der Waals surface area contributed by atoms with Gasteiger partial charge in [-0.3, -0.25) is 9.59 Å². The van der Waals surface area contributed by atoms with Crippen molar-refractivity contribution < 1.29 is 28.5 Å². The van der Waals surface area contributed by atoms with E-state index in [-0.39, 0.29) is 29.9 Å². The third-order valence-electron chi connectivity index (χ3n) is 3.73. The Morgan fingerprint density at radius 2 is 1.73 bits per heavy atom. The number of carbonyl (C=O) groups excluding carboxylic acids is 2. The highest BCUT2D eigenvalue weighted by Gasteiger charge is 2.16. The average molecular weight is 411 g/mol. The largest absolute Gasteiger partial charge is 0.462 e. The first-order chi connectivity index (χ1) is 12.5. The van der Waals surface area contributed by atoms with Crippen molar-refractivity contribution in [2.45, 2.75) is 63.2 Å². The summed E-state index contributed by atoms with van der Waals surface area (Å²) in [6, 6.07) is 0. The van der Waals surface area contributed by atoms with Gasteiger partial charge in [0.15, 0.2) is 0 Å². The normalized spacial score (nSPS) is 15.5. The molecule has 0 bridgehead atoms. The van der Waals surface area contributed by atoms with Gasteiger partial charge < -0.3 is 18.9 Å².